The molecule has 1 aromatic rings. The molecule has 0 saturated heterocycles. The molecular formula is C12H15FN2O. The summed E-state index contributed by atoms with van der Waals surface area (Å²) in [5.74, 6) is -0.739. The van der Waals surface area contributed by atoms with Gasteiger partial charge in [-0.05, 0) is 44.4 Å². The molecule has 16 heavy (non-hydrogen) atoms. The number of benzene rings is 1. The number of nitrogens with one attached hydrogen (secondary N) is 1. The van der Waals surface area contributed by atoms with Gasteiger partial charge in [0.05, 0.1) is 5.56 Å². The Morgan fingerprint density at radius 2 is 2.19 bits per heavy atom. The van der Waals surface area contributed by atoms with E-state index in [1.165, 1.54) is 18.2 Å². The van der Waals surface area contributed by atoms with Crippen LogP contribution in [0.2, 0.25) is 0 Å². The van der Waals surface area contributed by atoms with Crippen LogP contribution in [-0.2, 0) is 0 Å². The van der Waals surface area contributed by atoms with Crippen molar-refractivity contribution in [1.82, 2.24) is 5.32 Å². The monoisotopic (exact) mass is 222 g/mol. The first kappa shape index (κ1) is 10.9. The number of amides is 1. The van der Waals surface area contributed by atoms with E-state index in [0.29, 0.717) is 5.69 Å². The fourth-order valence-corrected chi connectivity index (χ4v) is 1.90. The standard InChI is InChI=1S/C12H15FN2O/c1-12(5-2-6-12)15-11(16)9-7-8(13)3-4-10(9)14/h3-4,7H,2,5-6,14H2,1H3,(H,15,16). The molecule has 1 saturated carbocycles. The van der Waals surface area contributed by atoms with Gasteiger partial charge < -0.3 is 11.1 Å². The second kappa shape index (κ2) is 3.77. The zero-order valence-electron chi connectivity index (χ0n) is 9.22. The molecule has 1 aliphatic carbocycles. The van der Waals surface area contributed by atoms with Gasteiger partial charge in [-0.15, -0.1) is 0 Å². The molecule has 0 aromatic heterocycles. The first-order valence-electron chi connectivity index (χ1n) is 5.38. The van der Waals surface area contributed by atoms with Gasteiger partial charge >= 0.3 is 0 Å². The number of hydrogen-bond donors (Lipinski definition) is 2. The van der Waals surface area contributed by atoms with Gasteiger partial charge in [0.25, 0.3) is 5.91 Å². The first-order chi connectivity index (χ1) is 7.50. The number of halogens is 1. The Hall–Kier alpha value is -1.58. The highest BCUT2D eigenvalue weighted by Crippen LogP contribution is 2.31. The van der Waals surface area contributed by atoms with Gasteiger partial charge in [-0.3, -0.25) is 4.79 Å². The van der Waals surface area contributed by atoms with Crippen molar-refractivity contribution in [2.75, 3.05) is 5.73 Å². The highest BCUT2D eigenvalue weighted by atomic mass is 19.1. The molecule has 3 N–H and O–H groups in total. The summed E-state index contributed by atoms with van der Waals surface area (Å²) in [6.07, 6.45) is 3.05. The normalized spacial score (nSPS) is 17.6. The van der Waals surface area contributed by atoms with E-state index in [9.17, 15) is 9.18 Å². The quantitative estimate of drug-likeness (QED) is 0.753. The van der Waals surface area contributed by atoms with Gasteiger partial charge in [0.2, 0.25) is 0 Å². The lowest BCUT2D eigenvalue weighted by Crippen LogP contribution is -2.51. The van der Waals surface area contributed by atoms with Crippen molar-refractivity contribution in [1.29, 1.82) is 0 Å². The van der Waals surface area contributed by atoms with Crippen LogP contribution in [0, 0.1) is 5.82 Å². The molecular weight excluding hydrogens is 207 g/mol. The van der Waals surface area contributed by atoms with Crippen LogP contribution in [0.1, 0.15) is 36.5 Å². The fraction of sp³-hybridized carbons (Fsp3) is 0.417. The number of hydrogen-bond acceptors (Lipinski definition) is 2. The zero-order chi connectivity index (χ0) is 11.8. The smallest absolute Gasteiger partial charge is 0.253 e. The molecule has 0 heterocycles. The number of carbonyl (C=O) groups excluding carboxylic acids is 1. The summed E-state index contributed by atoms with van der Waals surface area (Å²) in [5.41, 5.74) is 6.02. The Bertz CT molecular complexity index is 427. The molecule has 86 valence electrons. The molecule has 4 heteroatoms. The molecule has 0 aliphatic heterocycles. The lowest BCUT2D eigenvalue weighted by molar-refractivity contribution is 0.0851. The Morgan fingerprint density at radius 3 is 2.75 bits per heavy atom. The SMILES string of the molecule is CC1(NC(=O)c2cc(F)ccc2N)CCC1. The van der Waals surface area contributed by atoms with Crippen LogP contribution in [0.3, 0.4) is 0 Å². The van der Waals surface area contributed by atoms with E-state index in [0.717, 1.165) is 19.3 Å². The first-order valence-corrected chi connectivity index (χ1v) is 5.38. The fourth-order valence-electron chi connectivity index (χ4n) is 1.90. The van der Waals surface area contributed by atoms with E-state index in [2.05, 4.69) is 5.32 Å². The van der Waals surface area contributed by atoms with E-state index in [1.54, 1.807) is 0 Å². The molecule has 0 spiro atoms. The molecule has 0 atom stereocenters. The van der Waals surface area contributed by atoms with Gasteiger partial charge in [-0.2, -0.15) is 0 Å². The van der Waals surface area contributed by atoms with E-state index in [4.69, 9.17) is 5.73 Å². The van der Waals surface area contributed by atoms with Crippen LogP contribution in [0.25, 0.3) is 0 Å². The van der Waals surface area contributed by atoms with E-state index < -0.39 is 5.82 Å². The molecule has 1 amide bonds. The van der Waals surface area contributed by atoms with Crippen LogP contribution in [0.4, 0.5) is 10.1 Å². The number of rotatable bonds is 2. The summed E-state index contributed by atoms with van der Waals surface area (Å²) in [7, 11) is 0. The third-order valence-corrected chi connectivity index (χ3v) is 3.13. The van der Waals surface area contributed by atoms with E-state index >= 15 is 0 Å². The Balaban J connectivity index is 2.17. The average Bonchev–Trinajstić information content (AvgIpc) is 2.19. The molecule has 1 aromatic carbocycles. The van der Waals surface area contributed by atoms with Crippen LogP contribution in [-0.4, -0.2) is 11.4 Å². The third kappa shape index (κ3) is 2.01. The second-order valence-electron chi connectivity index (χ2n) is 4.60. The van der Waals surface area contributed by atoms with E-state index in [1.807, 2.05) is 6.92 Å². The Kier molecular flexibility index (Phi) is 2.58. The topological polar surface area (TPSA) is 55.1 Å². The summed E-state index contributed by atoms with van der Waals surface area (Å²) in [6, 6.07) is 3.83. The summed E-state index contributed by atoms with van der Waals surface area (Å²) in [5, 5.41) is 2.89. The summed E-state index contributed by atoms with van der Waals surface area (Å²) < 4.78 is 13.0. The minimum atomic E-state index is -0.446. The van der Waals surface area contributed by atoms with Crippen LogP contribution < -0.4 is 11.1 Å². The molecule has 0 unspecified atom stereocenters. The average molecular weight is 222 g/mol. The van der Waals surface area contributed by atoms with Crippen LogP contribution >= 0.6 is 0 Å². The van der Waals surface area contributed by atoms with Gasteiger partial charge in [0.15, 0.2) is 0 Å². The maximum absolute atomic E-state index is 13.0. The van der Waals surface area contributed by atoms with Crippen molar-refractivity contribution in [3.63, 3.8) is 0 Å². The number of anilines is 1. The van der Waals surface area contributed by atoms with Crippen molar-refractivity contribution in [2.45, 2.75) is 31.7 Å². The molecule has 1 fully saturated rings. The summed E-state index contributed by atoms with van der Waals surface area (Å²) in [6.45, 7) is 1.99. The van der Waals surface area contributed by atoms with Crippen molar-refractivity contribution in [2.24, 2.45) is 0 Å². The minimum Gasteiger partial charge on any atom is -0.398 e. The zero-order valence-corrected chi connectivity index (χ0v) is 9.22. The van der Waals surface area contributed by atoms with Gasteiger partial charge in [0, 0.05) is 11.2 Å². The van der Waals surface area contributed by atoms with Crippen LogP contribution in [0.5, 0.6) is 0 Å². The highest BCUT2D eigenvalue weighted by Gasteiger charge is 2.33. The third-order valence-electron chi connectivity index (χ3n) is 3.13. The predicted octanol–water partition coefficient (Wildman–Crippen LogP) is 2.08. The summed E-state index contributed by atoms with van der Waals surface area (Å²) in [4.78, 5) is 11.9. The lowest BCUT2D eigenvalue weighted by Gasteiger charge is -2.39. The maximum Gasteiger partial charge on any atom is 0.253 e. The second-order valence-corrected chi connectivity index (χ2v) is 4.60. The number of nitrogen functional groups attached to an aromatic ring is 1. The largest absolute Gasteiger partial charge is 0.398 e. The van der Waals surface area contributed by atoms with Crippen molar-refractivity contribution < 1.29 is 9.18 Å². The van der Waals surface area contributed by atoms with Crippen molar-refractivity contribution >= 4 is 11.6 Å². The highest BCUT2D eigenvalue weighted by molar-refractivity contribution is 5.99. The Morgan fingerprint density at radius 1 is 1.50 bits per heavy atom. The molecule has 1 aliphatic rings. The molecule has 3 nitrogen and oxygen atoms in total. The van der Waals surface area contributed by atoms with Crippen LogP contribution in [0.15, 0.2) is 18.2 Å². The van der Waals surface area contributed by atoms with Gasteiger partial charge in [0.1, 0.15) is 5.82 Å². The number of nitrogens with two attached hydrogens (primary N) is 1. The van der Waals surface area contributed by atoms with Gasteiger partial charge in [-0.1, -0.05) is 0 Å². The molecule has 0 bridgehead atoms. The summed E-state index contributed by atoms with van der Waals surface area (Å²) >= 11 is 0. The van der Waals surface area contributed by atoms with E-state index in [-0.39, 0.29) is 17.0 Å². The molecule has 2 rings (SSSR count). The molecule has 0 radical (unpaired) electrons. The predicted molar refractivity (Wildman–Crippen MR) is 60.5 cm³/mol. The van der Waals surface area contributed by atoms with Crippen molar-refractivity contribution in [3.05, 3.63) is 29.6 Å². The Labute approximate surface area is 93.8 Å². The number of carbonyl (C=O) groups is 1. The van der Waals surface area contributed by atoms with Crippen molar-refractivity contribution in [3.8, 4) is 0 Å². The minimum absolute atomic E-state index is 0.143. The van der Waals surface area contributed by atoms with Gasteiger partial charge in [-0.25, -0.2) is 4.39 Å². The lowest BCUT2D eigenvalue weighted by atomic mass is 9.78. The maximum atomic E-state index is 13.0.